The molecule has 6 nitrogen and oxygen atoms in total. The van der Waals surface area contributed by atoms with Crippen molar-refractivity contribution in [3.8, 4) is 0 Å². The van der Waals surface area contributed by atoms with Gasteiger partial charge in [-0.15, -0.1) is 13.2 Å². The quantitative estimate of drug-likeness (QED) is 0.261. The predicted octanol–water partition coefficient (Wildman–Crippen LogP) is 6.34. The largest absolute Gasteiger partial charge is 0.449 e. The van der Waals surface area contributed by atoms with Crippen LogP contribution in [0.3, 0.4) is 0 Å². The molecule has 176 valence electrons. The molecule has 0 aliphatic carbocycles. The molecule has 0 bridgehead atoms. The maximum absolute atomic E-state index is 11.3. The Morgan fingerprint density at radius 1 is 1.10 bits per heavy atom. The predicted molar refractivity (Wildman–Crippen MR) is 126 cm³/mol. The summed E-state index contributed by atoms with van der Waals surface area (Å²) in [6.07, 6.45) is 15.4. The molecule has 6 heteroatoms. The smallest absolute Gasteiger partial charge is 0.414 e. The SMILES string of the molecule is C=CC1(C)COC(=O)N1.C=CCCCCC.CCCCC/C=C1\[C@@H]2[C@H](C)COC(=O)N12. The van der Waals surface area contributed by atoms with Crippen LogP contribution in [0.4, 0.5) is 9.59 Å². The van der Waals surface area contributed by atoms with Crippen LogP contribution in [0.2, 0.25) is 0 Å². The molecule has 3 fully saturated rings. The zero-order chi connectivity index (χ0) is 23.3. The van der Waals surface area contributed by atoms with E-state index in [-0.39, 0.29) is 17.7 Å². The fourth-order valence-corrected chi connectivity index (χ4v) is 3.39. The first-order valence-corrected chi connectivity index (χ1v) is 11.7. The van der Waals surface area contributed by atoms with E-state index in [2.05, 4.69) is 50.1 Å². The Hall–Kier alpha value is -2.24. The fraction of sp³-hybridized carbons (Fsp3) is 0.680. The monoisotopic (exact) mass is 434 g/mol. The Balaban J connectivity index is 0.000000257. The van der Waals surface area contributed by atoms with Crippen LogP contribution < -0.4 is 5.32 Å². The van der Waals surface area contributed by atoms with E-state index in [4.69, 9.17) is 4.74 Å². The van der Waals surface area contributed by atoms with E-state index in [1.54, 1.807) is 11.0 Å². The first-order valence-electron chi connectivity index (χ1n) is 11.7. The molecule has 1 unspecified atom stereocenters. The summed E-state index contributed by atoms with van der Waals surface area (Å²) in [6.45, 7) is 16.5. The molecule has 3 aliphatic rings. The van der Waals surface area contributed by atoms with Crippen LogP contribution in [0.5, 0.6) is 0 Å². The molecule has 3 atom stereocenters. The van der Waals surface area contributed by atoms with Crippen molar-refractivity contribution in [2.45, 2.75) is 90.6 Å². The van der Waals surface area contributed by atoms with Crippen LogP contribution in [0.15, 0.2) is 37.1 Å². The summed E-state index contributed by atoms with van der Waals surface area (Å²) in [6, 6.07) is 0.355. The highest BCUT2D eigenvalue weighted by atomic mass is 16.6. The summed E-state index contributed by atoms with van der Waals surface area (Å²) in [4.78, 5) is 23.6. The van der Waals surface area contributed by atoms with E-state index in [1.807, 2.05) is 13.0 Å². The van der Waals surface area contributed by atoms with Gasteiger partial charge >= 0.3 is 12.2 Å². The number of rotatable bonds is 9. The van der Waals surface area contributed by atoms with Gasteiger partial charge in [0.25, 0.3) is 0 Å². The lowest BCUT2D eigenvalue weighted by molar-refractivity contribution is 0.0882. The number of fused-ring (bicyclic) bond motifs is 1. The second-order valence-corrected chi connectivity index (χ2v) is 8.60. The summed E-state index contributed by atoms with van der Waals surface area (Å²) < 4.78 is 9.69. The molecule has 0 spiro atoms. The van der Waals surface area contributed by atoms with Gasteiger partial charge in [0.15, 0.2) is 0 Å². The number of carbonyl (C=O) groups excluding carboxylic acids is 2. The number of allylic oxidation sites excluding steroid dienone is 2. The van der Waals surface area contributed by atoms with Crippen LogP contribution in [0.1, 0.15) is 79.1 Å². The number of nitrogens with zero attached hydrogens (tertiary/aromatic N) is 1. The van der Waals surface area contributed by atoms with Crippen LogP contribution in [-0.2, 0) is 9.47 Å². The molecule has 3 saturated heterocycles. The molecular weight excluding hydrogens is 392 g/mol. The molecule has 31 heavy (non-hydrogen) atoms. The Labute approximate surface area is 188 Å². The maximum Gasteiger partial charge on any atom is 0.414 e. The summed E-state index contributed by atoms with van der Waals surface area (Å²) in [7, 11) is 0. The third kappa shape index (κ3) is 9.19. The van der Waals surface area contributed by atoms with Gasteiger partial charge in [-0.2, -0.15) is 0 Å². The van der Waals surface area contributed by atoms with Crippen molar-refractivity contribution in [2.24, 2.45) is 5.92 Å². The van der Waals surface area contributed by atoms with Crippen molar-refractivity contribution < 1.29 is 19.1 Å². The highest BCUT2D eigenvalue weighted by molar-refractivity contribution is 5.77. The van der Waals surface area contributed by atoms with Gasteiger partial charge in [0.2, 0.25) is 0 Å². The Bertz CT molecular complexity index is 631. The summed E-state index contributed by atoms with van der Waals surface area (Å²) in [5, 5.41) is 2.60. The van der Waals surface area contributed by atoms with Crippen molar-refractivity contribution in [1.82, 2.24) is 10.2 Å². The summed E-state index contributed by atoms with van der Waals surface area (Å²) in [5.41, 5.74) is 0.845. The van der Waals surface area contributed by atoms with Crippen molar-refractivity contribution in [3.05, 3.63) is 37.1 Å². The van der Waals surface area contributed by atoms with Gasteiger partial charge in [-0.05, 0) is 32.6 Å². The zero-order valence-electron chi connectivity index (χ0n) is 20.0. The van der Waals surface area contributed by atoms with Crippen LogP contribution >= 0.6 is 0 Å². The minimum atomic E-state index is -0.364. The van der Waals surface area contributed by atoms with Crippen molar-refractivity contribution in [1.29, 1.82) is 0 Å². The highest BCUT2D eigenvalue weighted by Crippen LogP contribution is 2.42. The Kier molecular flexibility index (Phi) is 12.1. The second-order valence-electron chi connectivity index (χ2n) is 8.60. The molecule has 0 aromatic rings. The molecule has 0 aromatic heterocycles. The first kappa shape index (κ1) is 26.8. The van der Waals surface area contributed by atoms with Gasteiger partial charge in [0.05, 0.1) is 18.2 Å². The molecule has 3 rings (SSSR count). The third-order valence-corrected chi connectivity index (χ3v) is 5.51. The van der Waals surface area contributed by atoms with E-state index in [0.29, 0.717) is 25.2 Å². The number of hydrogen-bond acceptors (Lipinski definition) is 4. The van der Waals surface area contributed by atoms with Crippen LogP contribution in [0, 0.1) is 5.92 Å². The molecular formula is C25H42N2O4. The van der Waals surface area contributed by atoms with Gasteiger partial charge < -0.3 is 14.8 Å². The Morgan fingerprint density at radius 3 is 2.19 bits per heavy atom. The minimum absolute atomic E-state index is 0.153. The van der Waals surface area contributed by atoms with Gasteiger partial charge in [-0.1, -0.05) is 64.7 Å². The lowest BCUT2D eigenvalue weighted by Gasteiger charge is -2.16. The fourth-order valence-electron chi connectivity index (χ4n) is 3.39. The standard InChI is InChI=1S/C12H19NO2.C7H14.C6H9NO2/c1-3-4-5-6-7-10-11-9(2)8-15-12(14)13(10)11;1-3-5-7-6-4-2;1-3-6(2)4-9-5(8)7-6/h7,9,11H,3-6,8H2,1-2H3;3H,1,4-7H2,2H3;3H,1,4H2,2H3,(H,7,8)/b10-7+;;/t9-,11+,13?;;/m1../s1. The average molecular weight is 435 g/mol. The van der Waals surface area contributed by atoms with E-state index in [1.165, 1.54) is 50.6 Å². The van der Waals surface area contributed by atoms with Gasteiger partial charge in [0, 0.05) is 11.6 Å². The second kappa shape index (κ2) is 13.9. The lowest BCUT2D eigenvalue weighted by Crippen LogP contribution is -2.37. The van der Waals surface area contributed by atoms with Gasteiger partial charge in [0.1, 0.15) is 6.61 Å². The van der Waals surface area contributed by atoms with Gasteiger partial charge in [-0.25, -0.2) is 9.59 Å². The number of unbranched alkanes of at least 4 members (excludes halogenated alkanes) is 6. The molecule has 3 aliphatic heterocycles. The first-order chi connectivity index (χ1) is 14.8. The number of ether oxygens (including phenoxy) is 2. The highest BCUT2D eigenvalue weighted by Gasteiger charge is 2.52. The lowest BCUT2D eigenvalue weighted by atomic mass is 10.1. The van der Waals surface area contributed by atoms with Crippen LogP contribution in [0.25, 0.3) is 0 Å². The summed E-state index contributed by atoms with van der Waals surface area (Å²) >= 11 is 0. The van der Waals surface area contributed by atoms with Crippen molar-refractivity contribution in [2.75, 3.05) is 13.2 Å². The molecule has 0 radical (unpaired) electrons. The Morgan fingerprint density at radius 2 is 1.74 bits per heavy atom. The topological polar surface area (TPSA) is 67.6 Å². The van der Waals surface area contributed by atoms with Gasteiger partial charge in [-0.3, -0.25) is 4.90 Å². The number of hydrogen-bond donors (Lipinski definition) is 1. The normalized spacial score (nSPS) is 26.8. The number of cyclic esters (lactones) is 2. The molecule has 0 aromatic carbocycles. The van der Waals surface area contributed by atoms with E-state index in [9.17, 15) is 9.59 Å². The number of alkyl carbamates (subject to hydrolysis) is 1. The number of carbonyl (C=O) groups is 2. The molecule has 0 saturated carbocycles. The van der Waals surface area contributed by atoms with Crippen molar-refractivity contribution >= 4 is 12.2 Å². The maximum atomic E-state index is 11.3. The average Bonchev–Trinajstić information content (AvgIpc) is 3.40. The molecule has 2 amide bonds. The van der Waals surface area contributed by atoms with Crippen molar-refractivity contribution in [3.63, 3.8) is 0 Å². The third-order valence-electron chi connectivity index (χ3n) is 5.51. The van der Waals surface area contributed by atoms with E-state index < -0.39 is 0 Å². The molecule has 3 heterocycles. The van der Waals surface area contributed by atoms with E-state index in [0.717, 1.165) is 6.42 Å². The van der Waals surface area contributed by atoms with Crippen LogP contribution in [-0.4, -0.2) is 41.9 Å². The summed E-state index contributed by atoms with van der Waals surface area (Å²) in [5.74, 6) is 0.458. The van der Waals surface area contributed by atoms with E-state index >= 15 is 0 Å². The number of amides is 2. The minimum Gasteiger partial charge on any atom is -0.449 e. The molecule has 1 N–H and O–H groups in total. The number of nitrogens with one attached hydrogen (secondary N) is 1. The zero-order valence-corrected chi connectivity index (χ0v) is 20.0.